The highest BCUT2D eigenvalue weighted by atomic mass is 35.5. The zero-order chi connectivity index (χ0) is 21.8. The summed E-state index contributed by atoms with van der Waals surface area (Å²) in [5.41, 5.74) is 4.94. The van der Waals surface area contributed by atoms with Crippen LogP contribution in [0.1, 0.15) is 55.2 Å². The van der Waals surface area contributed by atoms with Crippen LogP contribution in [0.3, 0.4) is 0 Å². The second-order valence-electron chi connectivity index (χ2n) is 10.0. The fraction of sp³-hybridized carbons (Fsp3) is 0.536. The maximum atomic E-state index is 12.8. The van der Waals surface area contributed by atoms with Gasteiger partial charge < -0.3 is 10.2 Å². The molecule has 4 nitrogen and oxygen atoms in total. The summed E-state index contributed by atoms with van der Waals surface area (Å²) in [4.78, 5) is 17.8. The van der Waals surface area contributed by atoms with Gasteiger partial charge in [-0.05, 0) is 93.2 Å². The van der Waals surface area contributed by atoms with Gasteiger partial charge in [0, 0.05) is 13.1 Å². The molecule has 1 atom stereocenters. The van der Waals surface area contributed by atoms with E-state index in [0.29, 0.717) is 5.41 Å². The van der Waals surface area contributed by atoms with E-state index in [1.807, 2.05) is 6.07 Å². The number of halogens is 1. The molecule has 5 heteroatoms. The summed E-state index contributed by atoms with van der Waals surface area (Å²) in [5.74, 6) is 0.221. The molecule has 1 amide bonds. The number of hydrogen-bond donors (Lipinski definition) is 1. The van der Waals surface area contributed by atoms with Gasteiger partial charge in [-0.15, -0.1) is 12.4 Å². The van der Waals surface area contributed by atoms with Gasteiger partial charge in [-0.3, -0.25) is 9.69 Å². The number of carbonyl (C=O) groups excluding carboxylic acids is 1. The molecule has 5 rings (SSSR count). The first-order valence-corrected chi connectivity index (χ1v) is 12.6. The van der Waals surface area contributed by atoms with Gasteiger partial charge in [0.2, 0.25) is 5.91 Å². The molecule has 2 saturated heterocycles. The fourth-order valence-electron chi connectivity index (χ4n) is 6.25. The largest absolute Gasteiger partial charge is 0.355 e. The smallest absolute Gasteiger partial charge is 0.237 e. The van der Waals surface area contributed by atoms with E-state index < -0.39 is 0 Å². The van der Waals surface area contributed by atoms with Crippen LogP contribution in [0.15, 0.2) is 54.6 Å². The van der Waals surface area contributed by atoms with Gasteiger partial charge in [-0.25, -0.2) is 0 Å². The molecule has 33 heavy (non-hydrogen) atoms. The normalized spacial score (nSPS) is 22.1. The standard InChI is InChI=1S/C28H37N3O.ClH/c32-27(26-12-6-19-31(26)22-23-8-2-1-3-9-23)29-17-7-18-30-20-15-28(16-21-30)14-13-24-10-4-5-11-25(24)28;/h1-5,8-11,26H,6-7,12-22H2,(H,29,32);1H/t26-;/m1./s1. The SMILES string of the molecule is Cl.O=C(NCCCN1CCC2(CCc3ccccc32)CC1)[C@H]1CCCN1Cc1ccccc1. The Kier molecular flexibility index (Phi) is 8.11. The van der Waals surface area contributed by atoms with Crippen molar-refractivity contribution in [3.63, 3.8) is 0 Å². The van der Waals surface area contributed by atoms with Gasteiger partial charge in [0.1, 0.15) is 0 Å². The molecule has 3 aliphatic rings. The van der Waals surface area contributed by atoms with Crippen molar-refractivity contribution in [2.24, 2.45) is 0 Å². The number of piperidine rings is 1. The third-order valence-corrected chi connectivity index (χ3v) is 8.12. The van der Waals surface area contributed by atoms with E-state index in [1.54, 1.807) is 11.1 Å². The van der Waals surface area contributed by atoms with Crippen LogP contribution in [0.4, 0.5) is 0 Å². The number of likely N-dealkylation sites (tertiary alicyclic amines) is 2. The van der Waals surface area contributed by atoms with Crippen molar-refractivity contribution in [1.29, 1.82) is 0 Å². The molecule has 178 valence electrons. The van der Waals surface area contributed by atoms with Crippen molar-refractivity contribution in [1.82, 2.24) is 15.1 Å². The van der Waals surface area contributed by atoms with Crippen LogP contribution in [0.5, 0.6) is 0 Å². The van der Waals surface area contributed by atoms with Crippen molar-refractivity contribution in [3.8, 4) is 0 Å². The van der Waals surface area contributed by atoms with Crippen LogP contribution in [0, 0.1) is 0 Å². The van der Waals surface area contributed by atoms with Crippen LogP contribution >= 0.6 is 12.4 Å². The topological polar surface area (TPSA) is 35.6 Å². The Bertz CT molecular complexity index is 910. The second-order valence-corrected chi connectivity index (χ2v) is 10.0. The molecule has 0 saturated carbocycles. The average molecular weight is 468 g/mol. The van der Waals surface area contributed by atoms with E-state index in [4.69, 9.17) is 0 Å². The van der Waals surface area contributed by atoms with Gasteiger partial charge in [-0.2, -0.15) is 0 Å². The highest BCUT2D eigenvalue weighted by Crippen LogP contribution is 2.46. The van der Waals surface area contributed by atoms with E-state index in [-0.39, 0.29) is 24.4 Å². The molecule has 2 fully saturated rings. The predicted molar refractivity (Wildman–Crippen MR) is 137 cm³/mol. The zero-order valence-corrected chi connectivity index (χ0v) is 20.5. The molecular weight excluding hydrogens is 430 g/mol. The van der Waals surface area contributed by atoms with Crippen molar-refractivity contribution >= 4 is 18.3 Å². The highest BCUT2D eigenvalue weighted by molar-refractivity contribution is 5.85. The Morgan fingerprint density at radius 2 is 1.73 bits per heavy atom. The van der Waals surface area contributed by atoms with Gasteiger partial charge in [0.25, 0.3) is 0 Å². The zero-order valence-electron chi connectivity index (χ0n) is 19.7. The molecule has 1 aliphatic carbocycles. The maximum absolute atomic E-state index is 12.8. The number of aryl methyl sites for hydroxylation is 1. The molecule has 0 unspecified atom stereocenters. The summed E-state index contributed by atoms with van der Waals surface area (Å²) in [6.07, 6.45) is 8.29. The Morgan fingerprint density at radius 3 is 2.55 bits per heavy atom. The number of amides is 1. The van der Waals surface area contributed by atoms with Gasteiger partial charge in [-0.1, -0.05) is 54.6 Å². The summed E-state index contributed by atoms with van der Waals surface area (Å²) in [6.45, 7) is 6.16. The summed E-state index contributed by atoms with van der Waals surface area (Å²) >= 11 is 0. The van der Waals surface area contributed by atoms with Crippen molar-refractivity contribution in [2.75, 3.05) is 32.7 Å². The van der Waals surface area contributed by atoms with Gasteiger partial charge in [0.05, 0.1) is 6.04 Å². The quantitative estimate of drug-likeness (QED) is 0.606. The van der Waals surface area contributed by atoms with Gasteiger partial charge in [0.15, 0.2) is 0 Å². The number of nitrogens with one attached hydrogen (secondary N) is 1. The average Bonchev–Trinajstić information content (AvgIpc) is 3.44. The summed E-state index contributed by atoms with van der Waals surface area (Å²) in [7, 11) is 0. The van der Waals surface area contributed by atoms with Crippen molar-refractivity contribution in [2.45, 2.75) is 62.9 Å². The molecule has 0 radical (unpaired) electrons. The first-order chi connectivity index (χ1) is 15.7. The monoisotopic (exact) mass is 467 g/mol. The van der Waals surface area contributed by atoms with E-state index in [0.717, 1.165) is 45.4 Å². The number of rotatable bonds is 7. The number of fused-ring (bicyclic) bond motifs is 2. The highest BCUT2D eigenvalue weighted by Gasteiger charge is 2.40. The van der Waals surface area contributed by atoms with Gasteiger partial charge >= 0.3 is 0 Å². The number of hydrogen-bond acceptors (Lipinski definition) is 3. The first-order valence-electron chi connectivity index (χ1n) is 12.6. The van der Waals surface area contributed by atoms with Crippen molar-refractivity contribution in [3.05, 3.63) is 71.3 Å². The Hall–Kier alpha value is -1.88. The first kappa shape index (κ1) is 24.3. The minimum absolute atomic E-state index is 0. The van der Waals surface area contributed by atoms with Crippen LogP contribution in [0.25, 0.3) is 0 Å². The number of carbonyl (C=O) groups is 1. The van der Waals surface area contributed by atoms with Crippen LogP contribution < -0.4 is 5.32 Å². The van der Waals surface area contributed by atoms with Crippen LogP contribution in [0.2, 0.25) is 0 Å². The molecule has 2 heterocycles. The summed E-state index contributed by atoms with van der Waals surface area (Å²) < 4.78 is 0. The lowest BCUT2D eigenvalue weighted by Crippen LogP contribution is -2.44. The predicted octanol–water partition coefficient (Wildman–Crippen LogP) is 4.56. The number of benzene rings is 2. The molecule has 2 aliphatic heterocycles. The molecule has 2 aromatic rings. The summed E-state index contributed by atoms with van der Waals surface area (Å²) in [5, 5.41) is 3.23. The molecule has 0 aromatic heterocycles. The molecular formula is C28H38ClN3O. The maximum Gasteiger partial charge on any atom is 0.237 e. The van der Waals surface area contributed by atoms with Crippen LogP contribution in [-0.2, 0) is 23.2 Å². The molecule has 1 N–H and O–H groups in total. The molecule has 1 spiro atoms. The van der Waals surface area contributed by atoms with Crippen molar-refractivity contribution < 1.29 is 4.79 Å². The van der Waals surface area contributed by atoms with E-state index in [9.17, 15) is 4.79 Å². The molecule has 2 aromatic carbocycles. The Balaban J connectivity index is 0.00000259. The minimum atomic E-state index is 0. The second kappa shape index (κ2) is 11.0. The third kappa shape index (κ3) is 5.45. The lowest BCUT2D eigenvalue weighted by Gasteiger charge is -2.40. The Labute approximate surface area is 205 Å². The van der Waals surface area contributed by atoms with E-state index in [1.165, 1.54) is 44.3 Å². The third-order valence-electron chi connectivity index (χ3n) is 8.12. The minimum Gasteiger partial charge on any atom is -0.355 e. The van der Waals surface area contributed by atoms with E-state index in [2.05, 4.69) is 63.6 Å². The summed E-state index contributed by atoms with van der Waals surface area (Å²) in [6, 6.07) is 19.6. The molecule has 0 bridgehead atoms. The van der Waals surface area contributed by atoms with Crippen LogP contribution in [-0.4, -0.2) is 54.5 Å². The Morgan fingerprint density at radius 1 is 0.970 bits per heavy atom. The lowest BCUT2D eigenvalue weighted by atomic mass is 9.74. The number of nitrogens with zero attached hydrogens (tertiary/aromatic N) is 2. The fourth-order valence-corrected chi connectivity index (χ4v) is 6.25. The van der Waals surface area contributed by atoms with E-state index >= 15 is 0 Å². The lowest BCUT2D eigenvalue weighted by molar-refractivity contribution is -0.125.